The molecule has 0 aliphatic carbocycles. The van der Waals surface area contributed by atoms with Gasteiger partial charge in [-0.05, 0) is 30.5 Å². The molecule has 9 heteroatoms. The highest BCUT2D eigenvalue weighted by molar-refractivity contribution is 14.0. The predicted octanol–water partition coefficient (Wildman–Crippen LogP) is 1.90. The third-order valence-electron chi connectivity index (χ3n) is 4.69. The van der Waals surface area contributed by atoms with Crippen LogP contribution in [-0.4, -0.2) is 51.8 Å². The number of nitrogens with one attached hydrogen (secondary N) is 2. The van der Waals surface area contributed by atoms with Gasteiger partial charge in [0.15, 0.2) is 5.96 Å². The van der Waals surface area contributed by atoms with Crippen LogP contribution >= 0.6 is 24.0 Å². The molecule has 0 spiro atoms. The molecule has 1 aliphatic heterocycles. The Morgan fingerprint density at radius 2 is 1.96 bits per heavy atom. The molecule has 27 heavy (non-hydrogen) atoms. The number of aryl methyl sites for hydroxylation is 1. The molecule has 1 aromatic heterocycles. The number of rotatable bonds is 5. The first kappa shape index (κ1) is 21.5. The molecule has 7 nitrogen and oxygen atoms in total. The second-order valence-electron chi connectivity index (χ2n) is 6.55. The topological polar surface area (TPSA) is 70.4 Å². The lowest BCUT2D eigenvalue weighted by Gasteiger charge is -2.33. The van der Waals surface area contributed by atoms with Gasteiger partial charge in [-0.25, -0.2) is 9.37 Å². The summed E-state index contributed by atoms with van der Waals surface area (Å²) < 4.78 is 14.7. The first-order valence-corrected chi connectivity index (χ1v) is 8.91. The number of aliphatic imine (C=N–C) groups is 1. The molecular formula is C18H27FIN7. The molecule has 2 heterocycles. The van der Waals surface area contributed by atoms with Crippen LogP contribution in [0.25, 0.3) is 0 Å². The number of benzene rings is 1. The van der Waals surface area contributed by atoms with E-state index in [0.29, 0.717) is 12.6 Å². The van der Waals surface area contributed by atoms with Gasteiger partial charge in [-0.15, -0.1) is 24.0 Å². The van der Waals surface area contributed by atoms with Gasteiger partial charge in [0.1, 0.15) is 18.0 Å². The summed E-state index contributed by atoms with van der Waals surface area (Å²) >= 11 is 0. The fourth-order valence-corrected chi connectivity index (χ4v) is 3.11. The summed E-state index contributed by atoms with van der Waals surface area (Å²) in [5, 5.41) is 10.8. The Morgan fingerprint density at radius 1 is 1.26 bits per heavy atom. The van der Waals surface area contributed by atoms with E-state index in [2.05, 4.69) is 30.6 Å². The molecule has 0 amide bonds. The summed E-state index contributed by atoms with van der Waals surface area (Å²) in [6.45, 7) is 3.47. The second kappa shape index (κ2) is 10.5. The third kappa shape index (κ3) is 6.42. The number of hydrogen-bond donors (Lipinski definition) is 2. The minimum Gasteiger partial charge on any atom is -0.354 e. The maximum absolute atomic E-state index is 13.0. The molecule has 2 N–H and O–H groups in total. The van der Waals surface area contributed by atoms with Crippen LogP contribution in [0, 0.1) is 5.82 Å². The number of hydrogen-bond acceptors (Lipinski definition) is 4. The number of aromatic nitrogens is 3. The lowest BCUT2D eigenvalue weighted by molar-refractivity contribution is 0.198. The fraction of sp³-hybridized carbons (Fsp3) is 0.500. The van der Waals surface area contributed by atoms with Crippen LogP contribution in [0.1, 0.15) is 24.2 Å². The minimum absolute atomic E-state index is 0. The summed E-state index contributed by atoms with van der Waals surface area (Å²) in [4.78, 5) is 10.9. The first-order chi connectivity index (χ1) is 12.6. The van der Waals surface area contributed by atoms with Crippen LogP contribution < -0.4 is 10.6 Å². The van der Waals surface area contributed by atoms with Crippen molar-refractivity contribution in [2.45, 2.75) is 32.0 Å². The molecule has 148 valence electrons. The van der Waals surface area contributed by atoms with Gasteiger partial charge < -0.3 is 10.6 Å². The Kier molecular flexibility index (Phi) is 8.42. The Bertz CT molecular complexity index is 724. The molecule has 3 rings (SSSR count). The highest BCUT2D eigenvalue weighted by Gasteiger charge is 2.20. The van der Waals surface area contributed by atoms with Crippen molar-refractivity contribution in [3.63, 3.8) is 0 Å². The molecule has 0 bridgehead atoms. The summed E-state index contributed by atoms with van der Waals surface area (Å²) in [7, 11) is 3.65. The van der Waals surface area contributed by atoms with Crippen LogP contribution in [0.15, 0.2) is 35.6 Å². The van der Waals surface area contributed by atoms with Crippen molar-refractivity contribution in [3.8, 4) is 0 Å². The highest BCUT2D eigenvalue weighted by atomic mass is 127. The van der Waals surface area contributed by atoms with E-state index in [0.717, 1.165) is 49.8 Å². The standard InChI is InChI=1S/C18H26FN7.HI/c1-20-18(21-11-17-22-13-23-25(17)2)24-16-7-9-26(10-8-16)12-14-3-5-15(19)6-4-14;/h3-6,13,16H,7-12H2,1-2H3,(H2,20,21,24);1H. The van der Waals surface area contributed by atoms with Crippen molar-refractivity contribution in [3.05, 3.63) is 47.8 Å². The van der Waals surface area contributed by atoms with Gasteiger partial charge in [0.2, 0.25) is 0 Å². The Balaban J connectivity index is 0.00000261. The quantitative estimate of drug-likeness (QED) is 0.383. The second-order valence-corrected chi connectivity index (χ2v) is 6.55. The van der Waals surface area contributed by atoms with E-state index in [9.17, 15) is 4.39 Å². The van der Waals surface area contributed by atoms with Gasteiger partial charge >= 0.3 is 0 Å². The van der Waals surface area contributed by atoms with Crippen LogP contribution in [0.3, 0.4) is 0 Å². The summed E-state index contributed by atoms with van der Waals surface area (Å²) in [5.74, 6) is 1.46. The Hall–Kier alpha value is -1.75. The molecule has 0 saturated carbocycles. The lowest BCUT2D eigenvalue weighted by atomic mass is 10.0. The van der Waals surface area contributed by atoms with Crippen LogP contribution in [0.4, 0.5) is 4.39 Å². The SMILES string of the molecule is CN=C(NCc1ncnn1C)NC1CCN(Cc2ccc(F)cc2)CC1.I. The molecule has 1 fully saturated rings. The average Bonchev–Trinajstić information content (AvgIpc) is 3.07. The zero-order valence-corrected chi connectivity index (χ0v) is 18.1. The largest absolute Gasteiger partial charge is 0.354 e. The molecule has 1 saturated heterocycles. The molecule has 0 atom stereocenters. The van der Waals surface area contributed by atoms with E-state index < -0.39 is 0 Å². The average molecular weight is 487 g/mol. The number of guanidine groups is 1. The molecule has 1 aromatic carbocycles. The van der Waals surface area contributed by atoms with Crippen LogP contribution in [-0.2, 0) is 20.1 Å². The molecular weight excluding hydrogens is 460 g/mol. The Labute approximate surface area is 176 Å². The number of piperidine rings is 1. The van der Waals surface area contributed by atoms with E-state index >= 15 is 0 Å². The van der Waals surface area contributed by atoms with Gasteiger partial charge in [-0.3, -0.25) is 14.6 Å². The van der Waals surface area contributed by atoms with Crippen LogP contribution in [0.5, 0.6) is 0 Å². The summed E-state index contributed by atoms with van der Waals surface area (Å²) in [6, 6.07) is 7.16. The highest BCUT2D eigenvalue weighted by Crippen LogP contribution is 2.14. The molecule has 0 radical (unpaired) electrons. The number of likely N-dealkylation sites (tertiary alicyclic amines) is 1. The predicted molar refractivity (Wildman–Crippen MR) is 114 cm³/mol. The minimum atomic E-state index is -0.183. The fourth-order valence-electron chi connectivity index (χ4n) is 3.11. The van der Waals surface area contributed by atoms with Crippen molar-refractivity contribution in [2.24, 2.45) is 12.0 Å². The van der Waals surface area contributed by atoms with Gasteiger partial charge in [0.05, 0.1) is 6.54 Å². The van der Waals surface area contributed by atoms with Gasteiger partial charge in [-0.2, -0.15) is 5.10 Å². The van der Waals surface area contributed by atoms with E-state index in [4.69, 9.17) is 0 Å². The van der Waals surface area contributed by atoms with Crippen molar-refractivity contribution >= 4 is 29.9 Å². The third-order valence-corrected chi connectivity index (χ3v) is 4.69. The Morgan fingerprint density at radius 3 is 2.56 bits per heavy atom. The molecule has 2 aromatic rings. The maximum atomic E-state index is 13.0. The van der Waals surface area contributed by atoms with E-state index in [1.807, 2.05) is 19.2 Å². The smallest absolute Gasteiger partial charge is 0.191 e. The van der Waals surface area contributed by atoms with Crippen LogP contribution in [0.2, 0.25) is 0 Å². The molecule has 0 unspecified atom stereocenters. The van der Waals surface area contributed by atoms with E-state index in [-0.39, 0.29) is 29.8 Å². The van der Waals surface area contributed by atoms with Crippen molar-refractivity contribution in [1.82, 2.24) is 30.3 Å². The first-order valence-electron chi connectivity index (χ1n) is 8.91. The van der Waals surface area contributed by atoms with E-state index in [1.54, 1.807) is 18.1 Å². The van der Waals surface area contributed by atoms with E-state index in [1.165, 1.54) is 12.1 Å². The summed E-state index contributed by atoms with van der Waals surface area (Å²) in [6.07, 6.45) is 3.64. The zero-order chi connectivity index (χ0) is 18.4. The van der Waals surface area contributed by atoms with Crippen molar-refractivity contribution in [1.29, 1.82) is 0 Å². The monoisotopic (exact) mass is 487 g/mol. The number of nitrogens with zero attached hydrogens (tertiary/aromatic N) is 5. The lowest BCUT2D eigenvalue weighted by Crippen LogP contribution is -2.48. The normalized spacial score (nSPS) is 16.0. The molecule has 1 aliphatic rings. The number of halogens is 2. The van der Waals surface area contributed by atoms with Crippen molar-refractivity contribution < 1.29 is 4.39 Å². The van der Waals surface area contributed by atoms with Gasteiger partial charge in [0.25, 0.3) is 0 Å². The zero-order valence-electron chi connectivity index (χ0n) is 15.7. The summed E-state index contributed by atoms with van der Waals surface area (Å²) in [5.41, 5.74) is 1.15. The van der Waals surface area contributed by atoms with Gasteiger partial charge in [-0.1, -0.05) is 12.1 Å². The van der Waals surface area contributed by atoms with Crippen molar-refractivity contribution in [2.75, 3.05) is 20.1 Å². The van der Waals surface area contributed by atoms with Gasteiger partial charge in [0, 0.05) is 39.8 Å². The maximum Gasteiger partial charge on any atom is 0.191 e.